The molecule has 108 valence electrons. The van der Waals surface area contributed by atoms with Crippen LogP contribution in [-0.2, 0) is 6.54 Å². The number of hydrogen-bond donors (Lipinski definition) is 1. The fraction of sp³-hybridized carbons (Fsp3) is 0.647. The van der Waals surface area contributed by atoms with Gasteiger partial charge in [-0.1, -0.05) is 30.3 Å². The van der Waals surface area contributed by atoms with E-state index in [0.29, 0.717) is 6.04 Å². The van der Waals surface area contributed by atoms with Gasteiger partial charge in [0.25, 0.3) is 0 Å². The topological polar surface area (TPSA) is 15.3 Å². The van der Waals surface area contributed by atoms with E-state index < -0.39 is 0 Å². The maximum atomic E-state index is 3.55. The number of nitrogens with zero attached hydrogens (tertiary/aromatic N) is 1. The first-order chi connectivity index (χ1) is 8.88. The van der Waals surface area contributed by atoms with Crippen molar-refractivity contribution in [3.63, 3.8) is 0 Å². The zero-order valence-corrected chi connectivity index (χ0v) is 13.2. The largest absolute Gasteiger partial charge is 0.312 e. The van der Waals surface area contributed by atoms with E-state index in [1.54, 1.807) is 0 Å². The van der Waals surface area contributed by atoms with Gasteiger partial charge in [0, 0.05) is 18.1 Å². The lowest BCUT2D eigenvalue weighted by Crippen LogP contribution is -2.37. The second-order valence-corrected chi connectivity index (χ2v) is 6.57. The Hall–Kier alpha value is -0.860. The minimum Gasteiger partial charge on any atom is -0.312 e. The fourth-order valence-corrected chi connectivity index (χ4v) is 2.11. The third-order valence-electron chi connectivity index (χ3n) is 3.48. The van der Waals surface area contributed by atoms with E-state index in [4.69, 9.17) is 0 Å². The molecule has 0 aromatic heterocycles. The van der Waals surface area contributed by atoms with Crippen molar-refractivity contribution in [3.05, 3.63) is 35.9 Å². The third kappa shape index (κ3) is 7.34. The van der Waals surface area contributed by atoms with Crippen LogP contribution >= 0.6 is 0 Å². The predicted molar refractivity (Wildman–Crippen MR) is 84.4 cm³/mol. The third-order valence-corrected chi connectivity index (χ3v) is 3.48. The molecule has 0 bridgehead atoms. The summed E-state index contributed by atoms with van der Waals surface area (Å²) in [6, 6.07) is 11.3. The van der Waals surface area contributed by atoms with E-state index in [1.165, 1.54) is 18.4 Å². The number of hydrogen-bond acceptors (Lipinski definition) is 2. The summed E-state index contributed by atoms with van der Waals surface area (Å²) in [5, 5.41) is 3.55. The molecule has 1 rings (SSSR count). The average Bonchev–Trinajstić information content (AvgIpc) is 2.34. The van der Waals surface area contributed by atoms with Crippen molar-refractivity contribution in [1.29, 1.82) is 0 Å². The lowest BCUT2D eigenvalue weighted by molar-refractivity contribution is 0.232. The van der Waals surface area contributed by atoms with E-state index in [-0.39, 0.29) is 5.54 Å². The molecular weight excluding hydrogens is 232 g/mol. The number of nitrogens with one attached hydrogen (secondary N) is 1. The summed E-state index contributed by atoms with van der Waals surface area (Å²) in [5.74, 6) is 0. The van der Waals surface area contributed by atoms with Crippen LogP contribution in [-0.4, -0.2) is 30.1 Å². The van der Waals surface area contributed by atoms with Gasteiger partial charge in [-0.25, -0.2) is 0 Å². The highest BCUT2D eigenvalue weighted by molar-refractivity contribution is 5.14. The van der Waals surface area contributed by atoms with Crippen LogP contribution in [0.4, 0.5) is 0 Å². The van der Waals surface area contributed by atoms with Crippen molar-refractivity contribution in [2.24, 2.45) is 0 Å². The molecule has 19 heavy (non-hydrogen) atoms. The Bertz CT molecular complexity index is 340. The molecule has 0 heterocycles. The van der Waals surface area contributed by atoms with E-state index >= 15 is 0 Å². The Morgan fingerprint density at radius 1 is 1.16 bits per heavy atom. The molecule has 1 aromatic rings. The quantitative estimate of drug-likeness (QED) is 0.754. The normalized spacial score (nSPS) is 13.8. The number of rotatable bonds is 7. The Kier molecular flexibility index (Phi) is 6.53. The van der Waals surface area contributed by atoms with Crippen molar-refractivity contribution < 1.29 is 0 Å². The van der Waals surface area contributed by atoms with Gasteiger partial charge in [0.1, 0.15) is 0 Å². The van der Waals surface area contributed by atoms with Crippen LogP contribution in [0.2, 0.25) is 0 Å². The molecule has 0 aliphatic carbocycles. The molecule has 0 radical (unpaired) electrons. The molecule has 1 N–H and O–H groups in total. The smallest absolute Gasteiger partial charge is 0.0233 e. The lowest BCUT2D eigenvalue weighted by atomic mass is 10.1. The highest BCUT2D eigenvalue weighted by Gasteiger charge is 2.11. The van der Waals surface area contributed by atoms with Crippen molar-refractivity contribution >= 4 is 0 Å². The lowest BCUT2D eigenvalue weighted by Gasteiger charge is -2.26. The number of benzene rings is 1. The first-order valence-corrected chi connectivity index (χ1v) is 7.38. The highest BCUT2D eigenvalue weighted by atomic mass is 15.1. The Labute approximate surface area is 119 Å². The summed E-state index contributed by atoms with van der Waals surface area (Å²) in [4.78, 5) is 2.44. The second kappa shape index (κ2) is 7.66. The fourth-order valence-electron chi connectivity index (χ4n) is 2.11. The minimum atomic E-state index is 0.235. The minimum absolute atomic E-state index is 0.235. The molecule has 0 amide bonds. The van der Waals surface area contributed by atoms with E-state index in [9.17, 15) is 0 Å². The van der Waals surface area contributed by atoms with Crippen LogP contribution in [0, 0.1) is 0 Å². The highest BCUT2D eigenvalue weighted by Crippen LogP contribution is 2.10. The maximum absolute atomic E-state index is 3.55. The Balaban J connectivity index is 2.24. The molecular formula is C17H30N2. The standard InChI is InChI=1S/C17H30N2/c1-15(10-9-13-18-17(2,3)4)19(5)14-16-11-7-6-8-12-16/h6-8,11-12,15,18H,9-10,13-14H2,1-5H3. The van der Waals surface area contributed by atoms with Gasteiger partial charge in [-0.15, -0.1) is 0 Å². The summed E-state index contributed by atoms with van der Waals surface area (Å²) in [7, 11) is 2.22. The first kappa shape index (κ1) is 16.2. The van der Waals surface area contributed by atoms with Gasteiger partial charge in [0.15, 0.2) is 0 Å². The van der Waals surface area contributed by atoms with Crippen molar-refractivity contribution in [3.8, 4) is 0 Å². The molecule has 2 heteroatoms. The van der Waals surface area contributed by atoms with E-state index in [2.05, 4.69) is 75.3 Å². The van der Waals surface area contributed by atoms with E-state index in [0.717, 1.165) is 13.1 Å². The maximum Gasteiger partial charge on any atom is 0.0233 e. The van der Waals surface area contributed by atoms with Gasteiger partial charge >= 0.3 is 0 Å². The van der Waals surface area contributed by atoms with Crippen molar-refractivity contribution in [2.75, 3.05) is 13.6 Å². The zero-order valence-electron chi connectivity index (χ0n) is 13.2. The van der Waals surface area contributed by atoms with Gasteiger partial charge in [-0.2, -0.15) is 0 Å². The molecule has 1 aromatic carbocycles. The van der Waals surface area contributed by atoms with Crippen molar-refractivity contribution in [2.45, 2.75) is 58.7 Å². The molecule has 1 unspecified atom stereocenters. The van der Waals surface area contributed by atoms with Crippen LogP contribution in [0.3, 0.4) is 0 Å². The van der Waals surface area contributed by atoms with E-state index in [1.807, 2.05) is 0 Å². The van der Waals surface area contributed by atoms with Crippen LogP contribution in [0.5, 0.6) is 0 Å². The summed E-state index contributed by atoms with van der Waals surface area (Å²) in [6.45, 7) is 11.1. The monoisotopic (exact) mass is 262 g/mol. The molecule has 1 atom stereocenters. The van der Waals surface area contributed by atoms with Crippen molar-refractivity contribution in [1.82, 2.24) is 10.2 Å². The molecule has 0 aliphatic heterocycles. The summed E-state index contributed by atoms with van der Waals surface area (Å²) < 4.78 is 0. The first-order valence-electron chi connectivity index (χ1n) is 7.38. The van der Waals surface area contributed by atoms with Crippen LogP contribution in [0.15, 0.2) is 30.3 Å². The van der Waals surface area contributed by atoms with Gasteiger partial charge in [0.2, 0.25) is 0 Å². The van der Waals surface area contributed by atoms with Gasteiger partial charge in [-0.05, 0) is 59.7 Å². The van der Waals surface area contributed by atoms with Gasteiger partial charge in [0.05, 0.1) is 0 Å². The molecule has 0 aliphatic rings. The zero-order chi connectivity index (χ0) is 14.3. The average molecular weight is 262 g/mol. The summed E-state index contributed by atoms with van der Waals surface area (Å²) >= 11 is 0. The van der Waals surface area contributed by atoms with Crippen LogP contribution < -0.4 is 5.32 Å². The molecule has 0 fully saturated rings. The SMILES string of the molecule is CC(CCCNC(C)(C)C)N(C)Cc1ccccc1. The molecule has 0 saturated carbocycles. The van der Waals surface area contributed by atoms with Crippen LogP contribution in [0.25, 0.3) is 0 Å². The molecule has 0 spiro atoms. The second-order valence-electron chi connectivity index (χ2n) is 6.57. The predicted octanol–water partition coefficient (Wildman–Crippen LogP) is 3.68. The Morgan fingerprint density at radius 2 is 1.79 bits per heavy atom. The van der Waals surface area contributed by atoms with Gasteiger partial charge < -0.3 is 5.32 Å². The molecule has 0 saturated heterocycles. The summed E-state index contributed by atoms with van der Waals surface area (Å²) in [5.41, 5.74) is 1.63. The summed E-state index contributed by atoms with van der Waals surface area (Å²) in [6.07, 6.45) is 2.48. The molecule has 2 nitrogen and oxygen atoms in total. The van der Waals surface area contributed by atoms with Gasteiger partial charge in [-0.3, -0.25) is 4.90 Å². The van der Waals surface area contributed by atoms with Crippen LogP contribution in [0.1, 0.15) is 46.1 Å². The Morgan fingerprint density at radius 3 is 2.37 bits per heavy atom.